The van der Waals surface area contributed by atoms with Crippen LogP contribution >= 0.6 is 0 Å². The van der Waals surface area contributed by atoms with Crippen molar-refractivity contribution in [2.24, 2.45) is 5.92 Å². The first-order chi connectivity index (χ1) is 11.1. The summed E-state index contributed by atoms with van der Waals surface area (Å²) >= 11 is 0. The first-order valence-electron chi connectivity index (χ1n) is 8.34. The molecule has 0 saturated carbocycles. The largest absolute Gasteiger partial charge is 0.339 e. The molecule has 1 aromatic rings. The smallest absolute Gasteiger partial charge is 0.270 e. The first kappa shape index (κ1) is 15.9. The zero-order valence-electron chi connectivity index (χ0n) is 13.5. The number of non-ortho nitro benzene ring substituents is 1. The summed E-state index contributed by atoms with van der Waals surface area (Å²) in [6, 6.07) is 5.11. The van der Waals surface area contributed by atoms with E-state index in [4.69, 9.17) is 0 Å². The summed E-state index contributed by atoms with van der Waals surface area (Å²) in [6.45, 7) is 4.41. The summed E-state index contributed by atoms with van der Waals surface area (Å²) in [6.07, 6.45) is 4.51. The average Bonchev–Trinajstić information content (AvgIpc) is 3.09. The van der Waals surface area contributed by atoms with Crippen molar-refractivity contribution in [1.82, 2.24) is 10.2 Å². The van der Waals surface area contributed by atoms with Gasteiger partial charge in [0.15, 0.2) is 0 Å². The van der Waals surface area contributed by atoms with Crippen LogP contribution in [0.1, 0.15) is 41.6 Å². The molecule has 1 N–H and O–H groups in total. The van der Waals surface area contributed by atoms with Crippen molar-refractivity contribution in [2.45, 2.75) is 38.6 Å². The van der Waals surface area contributed by atoms with Gasteiger partial charge in [-0.1, -0.05) is 6.07 Å². The SMILES string of the molecule is Cc1ccc([N+](=O)[O-])cc1C(=O)N1CCC(C2CCCN2)CC1. The lowest BCUT2D eigenvalue weighted by Gasteiger charge is -2.35. The number of nitrogens with one attached hydrogen (secondary N) is 1. The number of carbonyl (C=O) groups is 1. The Morgan fingerprint density at radius 1 is 1.30 bits per heavy atom. The maximum Gasteiger partial charge on any atom is 0.270 e. The van der Waals surface area contributed by atoms with Gasteiger partial charge < -0.3 is 10.2 Å². The van der Waals surface area contributed by atoms with Gasteiger partial charge in [0.2, 0.25) is 0 Å². The Kier molecular flexibility index (Phi) is 4.61. The predicted octanol–water partition coefficient (Wildman–Crippen LogP) is 2.51. The van der Waals surface area contributed by atoms with Crippen LogP contribution in [0.2, 0.25) is 0 Å². The standard InChI is InChI=1S/C17H23N3O3/c1-12-4-5-14(20(22)23)11-15(12)17(21)19-9-6-13(7-10-19)16-3-2-8-18-16/h4-5,11,13,16,18H,2-3,6-10H2,1H3. The van der Waals surface area contributed by atoms with E-state index in [1.807, 2.05) is 11.8 Å². The Balaban J connectivity index is 1.67. The molecule has 0 aliphatic carbocycles. The van der Waals surface area contributed by atoms with Crippen LogP contribution in [0, 0.1) is 23.0 Å². The number of rotatable bonds is 3. The lowest BCUT2D eigenvalue weighted by atomic mass is 9.88. The third-order valence-corrected chi connectivity index (χ3v) is 5.16. The maximum atomic E-state index is 12.7. The van der Waals surface area contributed by atoms with E-state index in [1.54, 1.807) is 6.07 Å². The molecule has 2 heterocycles. The summed E-state index contributed by atoms with van der Waals surface area (Å²) in [5.41, 5.74) is 1.22. The van der Waals surface area contributed by atoms with Gasteiger partial charge in [-0.15, -0.1) is 0 Å². The van der Waals surface area contributed by atoms with E-state index in [0.717, 1.165) is 38.0 Å². The van der Waals surface area contributed by atoms with Crippen molar-refractivity contribution >= 4 is 11.6 Å². The topological polar surface area (TPSA) is 75.5 Å². The molecule has 0 aromatic heterocycles. The second kappa shape index (κ2) is 6.66. The van der Waals surface area contributed by atoms with E-state index < -0.39 is 4.92 Å². The number of hydrogen-bond donors (Lipinski definition) is 1. The number of nitro groups is 1. The summed E-state index contributed by atoms with van der Waals surface area (Å²) in [5, 5.41) is 14.5. The fourth-order valence-electron chi connectivity index (χ4n) is 3.74. The number of hydrogen-bond acceptors (Lipinski definition) is 4. The molecule has 2 aliphatic rings. The highest BCUT2D eigenvalue weighted by atomic mass is 16.6. The molecule has 6 nitrogen and oxygen atoms in total. The molecule has 1 atom stereocenters. The maximum absolute atomic E-state index is 12.7. The number of piperidine rings is 1. The Hall–Kier alpha value is -1.95. The Bertz CT molecular complexity index is 603. The van der Waals surface area contributed by atoms with Crippen LogP contribution < -0.4 is 5.32 Å². The highest BCUT2D eigenvalue weighted by Gasteiger charge is 2.30. The van der Waals surface area contributed by atoms with Gasteiger partial charge in [0.05, 0.1) is 4.92 Å². The summed E-state index contributed by atoms with van der Waals surface area (Å²) in [4.78, 5) is 25.0. The summed E-state index contributed by atoms with van der Waals surface area (Å²) < 4.78 is 0. The quantitative estimate of drug-likeness (QED) is 0.686. The number of benzene rings is 1. The number of aryl methyl sites for hydroxylation is 1. The van der Waals surface area contributed by atoms with Gasteiger partial charge in [-0.05, 0) is 50.6 Å². The second-order valence-electron chi connectivity index (χ2n) is 6.59. The van der Waals surface area contributed by atoms with Gasteiger partial charge in [0.25, 0.3) is 11.6 Å². The molecule has 1 aromatic carbocycles. The minimum Gasteiger partial charge on any atom is -0.339 e. The fraction of sp³-hybridized carbons (Fsp3) is 0.588. The van der Waals surface area contributed by atoms with E-state index in [9.17, 15) is 14.9 Å². The fourth-order valence-corrected chi connectivity index (χ4v) is 3.74. The van der Waals surface area contributed by atoms with Gasteiger partial charge in [-0.3, -0.25) is 14.9 Å². The third kappa shape index (κ3) is 3.37. The van der Waals surface area contributed by atoms with Crippen LogP contribution in [-0.2, 0) is 0 Å². The van der Waals surface area contributed by atoms with Crippen LogP contribution in [0.4, 0.5) is 5.69 Å². The minimum absolute atomic E-state index is 0.0241. The highest BCUT2D eigenvalue weighted by molar-refractivity contribution is 5.96. The number of carbonyl (C=O) groups excluding carboxylic acids is 1. The highest BCUT2D eigenvalue weighted by Crippen LogP contribution is 2.27. The Morgan fingerprint density at radius 3 is 2.65 bits per heavy atom. The number of nitrogens with zero attached hydrogens (tertiary/aromatic N) is 2. The molecule has 2 aliphatic heterocycles. The number of likely N-dealkylation sites (tertiary alicyclic amines) is 1. The van der Waals surface area contributed by atoms with E-state index in [1.165, 1.54) is 25.0 Å². The lowest BCUT2D eigenvalue weighted by molar-refractivity contribution is -0.384. The average molecular weight is 317 g/mol. The molecular formula is C17H23N3O3. The molecule has 1 unspecified atom stereocenters. The second-order valence-corrected chi connectivity index (χ2v) is 6.59. The molecule has 2 saturated heterocycles. The number of amides is 1. The van der Waals surface area contributed by atoms with E-state index >= 15 is 0 Å². The summed E-state index contributed by atoms with van der Waals surface area (Å²) in [5.74, 6) is 0.566. The van der Waals surface area contributed by atoms with Crippen molar-refractivity contribution < 1.29 is 9.72 Å². The van der Waals surface area contributed by atoms with Crippen LogP contribution in [-0.4, -0.2) is 41.4 Å². The van der Waals surface area contributed by atoms with E-state index in [2.05, 4.69) is 5.32 Å². The normalized spacial score (nSPS) is 22.3. The van der Waals surface area contributed by atoms with Crippen LogP contribution in [0.25, 0.3) is 0 Å². The zero-order chi connectivity index (χ0) is 16.4. The van der Waals surface area contributed by atoms with Crippen molar-refractivity contribution in [2.75, 3.05) is 19.6 Å². The Morgan fingerprint density at radius 2 is 2.04 bits per heavy atom. The van der Waals surface area contributed by atoms with Crippen molar-refractivity contribution in [3.8, 4) is 0 Å². The molecule has 6 heteroatoms. The molecule has 124 valence electrons. The van der Waals surface area contributed by atoms with Gasteiger partial charge in [0, 0.05) is 36.8 Å². The van der Waals surface area contributed by atoms with Crippen LogP contribution in [0.5, 0.6) is 0 Å². The predicted molar refractivity (Wildman–Crippen MR) is 87.5 cm³/mol. The van der Waals surface area contributed by atoms with Gasteiger partial charge >= 0.3 is 0 Å². The molecule has 3 rings (SSSR count). The van der Waals surface area contributed by atoms with Crippen LogP contribution in [0.15, 0.2) is 18.2 Å². The van der Waals surface area contributed by atoms with E-state index in [0.29, 0.717) is 17.5 Å². The molecule has 0 radical (unpaired) electrons. The zero-order valence-corrected chi connectivity index (χ0v) is 13.5. The molecule has 1 amide bonds. The lowest BCUT2D eigenvalue weighted by Crippen LogP contribution is -2.43. The molecular weight excluding hydrogens is 294 g/mol. The van der Waals surface area contributed by atoms with E-state index in [-0.39, 0.29) is 11.6 Å². The van der Waals surface area contributed by atoms with Gasteiger partial charge in [0.1, 0.15) is 0 Å². The molecule has 2 fully saturated rings. The number of nitro benzene ring substituents is 1. The monoisotopic (exact) mass is 317 g/mol. The van der Waals surface area contributed by atoms with Crippen LogP contribution in [0.3, 0.4) is 0 Å². The minimum atomic E-state index is -0.450. The molecule has 0 bridgehead atoms. The van der Waals surface area contributed by atoms with Crippen molar-refractivity contribution in [1.29, 1.82) is 0 Å². The third-order valence-electron chi connectivity index (χ3n) is 5.16. The van der Waals surface area contributed by atoms with Gasteiger partial charge in [-0.2, -0.15) is 0 Å². The first-order valence-corrected chi connectivity index (χ1v) is 8.34. The summed E-state index contributed by atoms with van der Waals surface area (Å²) in [7, 11) is 0. The Labute approximate surface area is 136 Å². The molecule has 0 spiro atoms. The van der Waals surface area contributed by atoms with Gasteiger partial charge in [-0.25, -0.2) is 0 Å². The van der Waals surface area contributed by atoms with Crippen molar-refractivity contribution in [3.63, 3.8) is 0 Å². The molecule has 23 heavy (non-hydrogen) atoms. The van der Waals surface area contributed by atoms with Crippen molar-refractivity contribution in [3.05, 3.63) is 39.4 Å².